The summed E-state index contributed by atoms with van der Waals surface area (Å²) in [6.45, 7) is 5.61. The van der Waals surface area contributed by atoms with Crippen LogP contribution in [0.3, 0.4) is 0 Å². The van der Waals surface area contributed by atoms with E-state index in [9.17, 15) is 4.55 Å². The van der Waals surface area contributed by atoms with Crippen LogP contribution in [0.5, 0.6) is 0 Å². The topological polar surface area (TPSA) is 86.0 Å². The molecule has 0 aliphatic carbocycles. The molecule has 0 amide bonds. The van der Waals surface area contributed by atoms with E-state index in [1.807, 2.05) is 18.2 Å². The monoisotopic (exact) mass is 372 g/mol. The molecule has 140 valence electrons. The first-order valence-corrected chi connectivity index (χ1v) is 10.3. The van der Waals surface area contributed by atoms with E-state index in [2.05, 4.69) is 53.7 Å². The fourth-order valence-electron chi connectivity index (χ4n) is 3.69. The molecule has 1 aromatic carbocycles. The summed E-state index contributed by atoms with van der Waals surface area (Å²) >= 11 is -1.57. The van der Waals surface area contributed by atoms with Crippen molar-refractivity contribution in [2.75, 3.05) is 11.9 Å². The van der Waals surface area contributed by atoms with Crippen molar-refractivity contribution in [2.45, 2.75) is 49.7 Å². The van der Waals surface area contributed by atoms with E-state index in [1.165, 1.54) is 12.0 Å². The summed E-state index contributed by atoms with van der Waals surface area (Å²) in [5, 5.41) is 13.0. The number of nitrogens with one attached hydrogen (secondary N) is 2. The van der Waals surface area contributed by atoms with Crippen LogP contribution < -0.4 is 15.8 Å². The predicted octanol–water partition coefficient (Wildman–Crippen LogP) is 3.38. The SMILES string of the molecule is CC1(C)CC(CCC(Nc2cccc([S+](N)[O-])n2)c2ccccc2)CN1. The molecule has 4 N–H and O–H groups in total. The molecule has 3 rings (SSSR count). The fourth-order valence-corrected chi connectivity index (χ4v) is 4.09. The number of nitrogens with zero attached hydrogens (tertiary/aromatic N) is 1. The lowest BCUT2D eigenvalue weighted by atomic mass is 9.91. The Hall–Kier alpha value is -1.60. The Morgan fingerprint density at radius 1 is 1.27 bits per heavy atom. The summed E-state index contributed by atoms with van der Waals surface area (Å²) in [6, 6.07) is 16.0. The van der Waals surface area contributed by atoms with Gasteiger partial charge in [0.05, 0.1) is 17.4 Å². The minimum Gasteiger partial charge on any atom is -0.592 e. The molecule has 0 radical (unpaired) electrons. The maximum atomic E-state index is 11.5. The summed E-state index contributed by atoms with van der Waals surface area (Å²) in [4.78, 5) is 4.39. The van der Waals surface area contributed by atoms with E-state index >= 15 is 0 Å². The van der Waals surface area contributed by atoms with Crippen LogP contribution in [0, 0.1) is 5.92 Å². The summed E-state index contributed by atoms with van der Waals surface area (Å²) in [5.74, 6) is 1.40. The van der Waals surface area contributed by atoms with Gasteiger partial charge < -0.3 is 15.2 Å². The largest absolute Gasteiger partial charge is 0.592 e. The lowest BCUT2D eigenvalue weighted by Crippen LogP contribution is -2.31. The number of hydrogen-bond acceptors (Lipinski definition) is 5. The maximum absolute atomic E-state index is 11.5. The highest BCUT2D eigenvalue weighted by Gasteiger charge is 2.30. The Kier molecular flexibility index (Phi) is 6.19. The van der Waals surface area contributed by atoms with Crippen molar-refractivity contribution in [1.29, 1.82) is 0 Å². The Morgan fingerprint density at radius 2 is 2.04 bits per heavy atom. The number of anilines is 1. The number of aromatic nitrogens is 1. The number of hydrogen-bond donors (Lipinski definition) is 3. The molecule has 1 saturated heterocycles. The van der Waals surface area contributed by atoms with Crippen LogP contribution >= 0.6 is 0 Å². The van der Waals surface area contributed by atoms with Crippen LogP contribution in [0.2, 0.25) is 0 Å². The van der Waals surface area contributed by atoms with Crippen molar-refractivity contribution in [3.8, 4) is 0 Å². The Morgan fingerprint density at radius 3 is 2.69 bits per heavy atom. The van der Waals surface area contributed by atoms with Crippen molar-refractivity contribution in [3.63, 3.8) is 0 Å². The van der Waals surface area contributed by atoms with E-state index in [1.54, 1.807) is 6.07 Å². The molecule has 2 heterocycles. The van der Waals surface area contributed by atoms with Crippen LogP contribution in [-0.2, 0) is 11.4 Å². The third-order valence-corrected chi connectivity index (χ3v) is 5.63. The molecule has 0 saturated carbocycles. The second-order valence-electron chi connectivity index (χ2n) is 7.68. The molecule has 1 fully saturated rings. The van der Waals surface area contributed by atoms with E-state index in [0.29, 0.717) is 16.8 Å². The standard InChI is InChI=1S/C20H28N4OS/c1-20(2)13-15(14-22-20)11-12-17(16-7-4-3-5-8-16)23-18-9-6-10-19(24-18)26(21)25/h3-10,15,17,22H,11-14,21H2,1-2H3,(H,23,24). The van der Waals surface area contributed by atoms with Gasteiger partial charge in [-0.25, -0.2) is 0 Å². The second kappa shape index (κ2) is 8.39. The molecular weight excluding hydrogens is 344 g/mol. The van der Waals surface area contributed by atoms with E-state index in [0.717, 1.165) is 19.4 Å². The van der Waals surface area contributed by atoms with Gasteiger partial charge in [0.1, 0.15) is 5.82 Å². The van der Waals surface area contributed by atoms with Crippen molar-refractivity contribution in [3.05, 3.63) is 54.1 Å². The number of rotatable bonds is 7. The first-order chi connectivity index (χ1) is 12.4. The molecule has 6 heteroatoms. The lowest BCUT2D eigenvalue weighted by molar-refractivity contribution is 0.422. The molecule has 26 heavy (non-hydrogen) atoms. The van der Waals surface area contributed by atoms with Crippen LogP contribution in [0.4, 0.5) is 5.82 Å². The minimum absolute atomic E-state index is 0.161. The molecule has 1 aromatic heterocycles. The highest BCUT2D eigenvalue weighted by Crippen LogP contribution is 2.31. The molecule has 2 aromatic rings. The molecule has 3 atom stereocenters. The predicted molar refractivity (Wildman–Crippen MR) is 107 cm³/mol. The molecular formula is C20H28N4OS. The zero-order chi connectivity index (χ0) is 18.6. The Bertz CT molecular complexity index is 708. The normalized spacial score (nSPS) is 21.3. The molecule has 3 unspecified atom stereocenters. The molecule has 1 aliphatic rings. The average Bonchev–Trinajstić information content (AvgIpc) is 2.98. The van der Waals surface area contributed by atoms with Gasteiger partial charge in [0.2, 0.25) is 0 Å². The summed E-state index contributed by atoms with van der Waals surface area (Å²) < 4.78 is 11.5. The number of pyridine rings is 1. The first-order valence-electron chi connectivity index (χ1n) is 9.13. The fraction of sp³-hybridized carbons (Fsp3) is 0.450. The zero-order valence-electron chi connectivity index (χ0n) is 15.4. The summed E-state index contributed by atoms with van der Waals surface area (Å²) in [6.07, 6.45) is 3.37. The first kappa shape index (κ1) is 19.2. The van der Waals surface area contributed by atoms with E-state index < -0.39 is 11.4 Å². The average molecular weight is 373 g/mol. The maximum Gasteiger partial charge on any atom is 0.267 e. The van der Waals surface area contributed by atoms with Gasteiger partial charge in [-0.3, -0.25) is 0 Å². The summed E-state index contributed by atoms with van der Waals surface area (Å²) in [7, 11) is 0. The molecule has 0 bridgehead atoms. The van der Waals surface area contributed by atoms with Crippen molar-refractivity contribution >= 4 is 17.2 Å². The van der Waals surface area contributed by atoms with Crippen molar-refractivity contribution in [1.82, 2.24) is 10.3 Å². The number of nitrogens with two attached hydrogens (primary N) is 1. The van der Waals surface area contributed by atoms with Gasteiger partial charge >= 0.3 is 0 Å². The van der Waals surface area contributed by atoms with Crippen LogP contribution in [0.15, 0.2) is 53.6 Å². The van der Waals surface area contributed by atoms with Gasteiger partial charge in [-0.1, -0.05) is 36.4 Å². The van der Waals surface area contributed by atoms with E-state index in [-0.39, 0.29) is 11.6 Å². The zero-order valence-corrected chi connectivity index (χ0v) is 16.3. The minimum atomic E-state index is -1.57. The van der Waals surface area contributed by atoms with Gasteiger partial charge in [0, 0.05) is 11.6 Å². The lowest BCUT2D eigenvalue weighted by Gasteiger charge is -2.22. The quantitative estimate of drug-likeness (QED) is 0.649. The van der Waals surface area contributed by atoms with Gasteiger partial charge in [0.15, 0.2) is 0 Å². The molecule has 1 aliphatic heterocycles. The van der Waals surface area contributed by atoms with Crippen LogP contribution in [0.25, 0.3) is 0 Å². The third-order valence-electron chi connectivity index (χ3n) is 4.99. The van der Waals surface area contributed by atoms with Gasteiger partial charge in [-0.05, 0) is 57.2 Å². The van der Waals surface area contributed by atoms with Crippen LogP contribution in [0.1, 0.15) is 44.7 Å². The highest BCUT2D eigenvalue weighted by atomic mass is 32.2. The highest BCUT2D eigenvalue weighted by molar-refractivity contribution is 7.89. The molecule has 0 spiro atoms. The Labute approximate surface area is 159 Å². The molecule has 5 nitrogen and oxygen atoms in total. The van der Waals surface area contributed by atoms with Gasteiger partial charge in [-0.15, -0.1) is 5.14 Å². The van der Waals surface area contributed by atoms with Crippen LogP contribution in [-0.4, -0.2) is 21.6 Å². The van der Waals surface area contributed by atoms with Crippen molar-refractivity contribution < 1.29 is 4.55 Å². The van der Waals surface area contributed by atoms with Gasteiger partial charge in [0.25, 0.3) is 5.03 Å². The third kappa shape index (κ3) is 5.20. The van der Waals surface area contributed by atoms with Gasteiger partial charge in [-0.2, -0.15) is 4.98 Å². The smallest absolute Gasteiger partial charge is 0.267 e. The number of benzene rings is 1. The van der Waals surface area contributed by atoms with Crippen molar-refractivity contribution in [2.24, 2.45) is 11.1 Å². The summed E-state index contributed by atoms with van der Waals surface area (Å²) in [5.41, 5.74) is 1.47. The Balaban J connectivity index is 1.71. The van der Waals surface area contributed by atoms with E-state index in [4.69, 9.17) is 5.14 Å². The second-order valence-corrected chi connectivity index (χ2v) is 8.69.